The van der Waals surface area contributed by atoms with E-state index in [9.17, 15) is 19.2 Å². The largest absolute Gasteiger partial charge is 0.494 e. The molecule has 0 spiro atoms. The number of aromatic amines is 1. The predicted molar refractivity (Wildman–Crippen MR) is 148 cm³/mol. The van der Waals surface area contributed by atoms with Crippen LogP contribution in [-0.2, 0) is 16.1 Å². The summed E-state index contributed by atoms with van der Waals surface area (Å²) in [5, 5.41) is 0. The number of nitrogens with two attached hydrogens (primary N) is 1. The van der Waals surface area contributed by atoms with Gasteiger partial charge in [0.05, 0.1) is 19.8 Å². The monoisotopic (exact) mass is 531 g/mol. The maximum atomic E-state index is 13.3. The molecule has 38 heavy (non-hydrogen) atoms. The Hall–Kier alpha value is -3.76. The fourth-order valence-electron chi connectivity index (χ4n) is 3.85. The first-order chi connectivity index (χ1) is 17.9. The Morgan fingerprint density at radius 3 is 2.16 bits per heavy atom. The van der Waals surface area contributed by atoms with Crippen LogP contribution in [0, 0.1) is 11.8 Å². The Bertz CT molecular complexity index is 1190. The number of H-pyrrole nitrogens is 1. The van der Waals surface area contributed by atoms with Crippen molar-refractivity contribution in [3.8, 4) is 11.5 Å². The van der Waals surface area contributed by atoms with E-state index in [2.05, 4.69) is 4.98 Å². The molecule has 0 fully saturated rings. The van der Waals surface area contributed by atoms with Crippen LogP contribution in [0.3, 0.4) is 0 Å². The maximum absolute atomic E-state index is 13.3. The van der Waals surface area contributed by atoms with Crippen molar-refractivity contribution in [1.29, 1.82) is 0 Å². The number of benzene rings is 1. The molecule has 0 unspecified atom stereocenters. The number of rotatable bonds is 14. The zero-order valence-electron chi connectivity index (χ0n) is 23.3. The molecule has 3 N–H and O–H groups in total. The van der Waals surface area contributed by atoms with Crippen LogP contribution in [0.15, 0.2) is 33.9 Å². The molecule has 11 heteroatoms. The minimum Gasteiger partial charge on any atom is -0.494 e. The lowest BCUT2D eigenvalue weighted by molar-refractivity contribution is -0.134. The molecular weight excluding hydrogens is 490 g/mol. The average Bonchev–Trinajstić information content (AvgIpc) is 2.84. The fourth-order valence-corrected chi connectivity index (χ4v) is 3.85. The van der Waals surface area contributed by atoms with E-state index in [1.165, 1.54) is 21.4 Å². The van der Waals surface area contributed by atoms with Gasteiger partial charge in [-0.25, -0.2) is 4.79 Å². The molecule has 11 nitrogen and oxygen atoms in total. The van der Waals surface area contributed by atoms with E-state index in [0.29, 0.717) is 25.4 Å². The quantitative estimate of drug-likeness (QED) is 0.357. The van der Waals surface area contributed by atoms with Gasteiger partial charge in [-0.3, -0.25) is 23.9 Å². The molecule has 1 aromatic heterocycles. The number of nitrogens with one attached hydrogen (secondary N) is 1. The average molecular weight is 532 g/mol. The molecule has 1 heterocycles. The summed E-state index contributed by atoms with van der Waals surface area (Å²) in [5.41, 5.74) is 4.81. The molecule has 210 valence electrons. The van der Waals surface area contributed by atoms with Crippen molar-refractivity contribution in [2.45, 2.75) is 54.0 Å². The van der Waals surface area contributed by atoms with Crippen molar-refractivity contribution in [1.82, 2.24) is 14.5 Å². The van der Waals surface area contributed by atoms with Crippen LogP contribution in [0.4, 0.5) is 11.5 Å². The van der Waals surface area contributed by atoms with Crippen LogP contribution < -0.4 is 31.4 Å². The summed E-state index contributed by atoms with van der Waals surface area (Å²) in [5.74, 6) is 0.763. The van der Waals surface area contributed by atoms with Crippen molar-refractivity contribution in [2.75, 3.05) is 44.0 Å². The molecule has 0 aliphatic rings. The molecule has 2 amide bonds. The minimum atomic E-state index is -0.734. The number of nitrogens with zero attached hydrogens (tertiary/aromatic N) is 3. The molecule has 0 aliphatic carbocycles. The van der Waals surface area contributed by atoms with Gasteiger partial charge in [0.2, 0.25) is 11.8 Å². The van der Waals surface area contributed by atoms with Crippen LogP contribution >= 0.6 is 0 Å². The smallest absolute Gasteiger partial charge is 0.330 e. The van der Waals surface area contributed by atoms with Crippen LogP contribution in [0.2, 0.25) is 0 Å². The molecule has 2 rings (SSSR count). The van der Waals surface area contributed by atoms with Crippen LogP contribution in [0.25, 0.3) is 0 Å². The first-order valence-electron chi connectivity index (χ1n) is 13.0. The van der Waals surface area contributed by atoms with Gasteiger partial charge in [-0.1, -0.05) is 27.7 Å². The minimum absolute atomic E-state index is 0.00369. The number of ether oxygens (including phenoxy) is 2. The number of nitrogen functional groups attached to an aromatic ring is 1. The van der Waals surface area contributed by atoms with E-state index < -0.39 is 17.2 Å². The van der Waals surface area contributed by atoms with Crippen molar-refractivity contribution in [3.05, 3.63) is 45.1 Å². The molecule has 0 saturated heterocycles. The summed E-state index contributed by atoms with van der Waals surface area (Å²) in [4.78, 5) is 55.9. The van der Waals surface area contributed by atoms with Crippen LogP contribution in [-0.4, -0.2) is 59.6 Å². The lowest BCUT2D eigenvalue weighted by atomic mass is 10.2. The Balaban J connectivity index is 2.05. The Labute approximate surface area is 223 Å². The zero-order chi connectivity index (χ0) is 28.4. The Kier molecular flexibility index (Phi) is 11.4. The first-order valence-corrected chi connectivity index (χ1v) is 13.0. The van der Waals surface area contributed by atoms with E-state index in [1.807, 2.05) is 46.8 Å². The SMILES string of the molecule is CCOc1ccc(OCCCC(=O)N(C)CC(=O)N(CC(C)C)c2c(N)n(CC(C)C)c(=O)[nH]c2=O)cc1. The number of aromatic nitrogens is 2. The molecule has 0 bridgehead atoms. The van der Waals surface area contributed by atoms with Crippen LogP contribution in [0.1, 0.15) is 47.5 Å². The van der Waals surface area contributed by atoms with Gasteiger partial charge in [-0.2, -0.15) is 0 Å². The normalized spacial score (nSPS) is 11.1. The molecule has 0 atom stereocenters. The first kappa shape index (κ1) is 30.5. The highest BCUT2D eigenvalue weighted by Crippen LogP contribution is 2.20. The summed E-state index contributed by atoms with van der Waals surface area (Å²) in [7, 11) is 1.54. The van der Waals surface area contributed by atoms with Gasteiger partial charge in [-0.15, -0.1) is 0 Å². The summed E-state index contributed by atoms with van der Waals surface area (Å²) >= 11 is 0. The van der Waals surface area contributed by atoms with E-state index >= 15 is 0 Å². The molecule has 1 aromatic carbocycles. The van der Waals surface area contributed by atoms with Gasteiger partial charge in [0.1, 0.15) is 17.3 Å². The second kappa shape index (κ2) is 14.3. The maximum Gasteiger partial charge on any atom is 0.330 e. The topological polar surface area (TPSA) is 140 Å². The van der Waals surface area contributed by atoms with Gasteiger partial charge >= 0.3 is 5.69 Å². The van der Waals surface area contributed by atoms with E-state index in [-0.39, 0.29) is 55.3 Å². The highest BCUT2D eigenvalue weighted by Gasteiger charge is 2.27. The molecule has 0 radical (unpaired) electrons. The third-order valence-electron chi connectivity index (χ3n) is 5.62. The number of carbonyl (C=O) groups excluding carboxylic acids is 2. The highest BCUT2D eigenvalue weighted by molar-refractivity contribution is 5.98. The van der Waals surface area contributed by atoms with Crippen molar-refractivity contribution in [2.24, 2.45) is 11.8 Å². The van der Waals surface area contributed by atoms with Crippen molar-refractivity contribution < 1.29 is 19.1 Å². The second-order valence-electron chi connectivity index (χ2n) is 10.0. The number of likely N-dealkylation sites (N-methyl/N-ethyl adjacent to an activating group) is 1. The summed E-state index contributed by atoms with van der Waals surface area (Å²) in [6, 6.07) is 7.25. The Morgan fingerprint density at radius 2 is 1.61 bits per heavy atom. The second-order valence-corrected chi connectivity index (χ2v) is 10.0. The number of carbonyl (C=O) groups is 2. The number of hydrogen-bond donors (Lipinski definition) is 2. The summed E-state index contributed by atoms with van der Waals surface area (Å²) in [6.07, 6.45) is 0.653. The lowest BCUT2D eigenvalue weighted by Gasteiger charge is -2.28. The van der Waals surface area contributed by atoms with Crippen molar-refractivity contribution >= 4 is 23.3 Å². The van der Waals surface area contributed by atoms with Gasteiger partial charge in [0, 0.05) is 26.6 Å². The van der Waals surface area contributed by atoms with Crippen LogP contribution in [0.5, 0.6) is 11.5 Å². The van der Waals surface area contributed by atoms with Gasteiger partial charge in [-0.05, 0) is 49.4 Å². The molecule has 0 saturated carbocycles. The van der Waals surface area contributed by atoms with E-state index in [4.69, 9.17) is 15.2 Å². The number of hydrogen-bond acceptors (Lipinski definition) is 7. The summed E-state index contributed by atoms with van der Waals surface area (Å²) < 4.78 is 12.4. The van der Waals surface area contributed by atoms with Gasteiger partial charge < -0.3 is 25.0 Å². The fraction of sp³-hybridized carbons (Fsp3) is 0.556. The molecule has 0 aliphatic heterocycles. The van der Waals surface area contributed by atoms with Gasteiger partial charge in [0.25, 0.3) is 5.56 Å². The van der Waals surface area contributed by atoms with Gasteiger partial charge in [0.15, 0.2) is 5.69 Å². The predicted octanol–water partition coefficient (Wildman–Crippen LogP) is 2.48. The lowest BCUT2D eigenvalue weighted by Crippen LogP contribution is -2.47. The molecule has 2 aromatic rings. The number of anilines is 2. The standard InChI is InChI=1S/C27H41N5O6/c1-7-37-20-10-12-21(13-11-20)38-14-8-9-22(33)30(6)17-23(34)31(15-18(2)3)24-25(28)32(16-19(4)5)27(36)29-26(24)35/h10-13,18-19H,7-9,14-17,28H2,1-6H3,(H,29,35,36). The van der Waals surface area contributed by atoms with Crippen molar-refractivity contribution in [3.63, 3.8) is 0 Å². The zero-order valence-corrected chi connectivity index (χ0v) is 23.3. The van der Waals surface area contributed by atoms with E-state index in [0.717, 1.165) is 5.75 Å². The third kappa shape index (κ3) is 8.67. The third-order valence-corrected chi connectivity index (χ3v) is 5.62. The highest BCUT2D eigenvalue weighted by atomic mass is 16.5. The number of amides is 2. The summed E-state index contributed by atoms with van der Waals surface area (Å²) in [6.45, 7) is 10.7. The molecular formula is C27H41N5O6. The Morgan fingerprint density at radius 1 is 1.00 bits per heavy atom. The van der Waals surface area contributed by atoms with E-state index in [1.54, 1.807) is 12.1 Å².